The number of aliphatic hydroxyl groups is 2. The van der Waals surface area contributed by atoms with Crippen molar-refractivity contribution in [2.75, 3.05) is 13.7 Å². The highest BCUT2D eigenvalue weighted by atomic mass is 16.5. The summed E-state index contributed by atoms with van der Waals surface area (Å²) in [6.07, 6.45) is 5.35. The highest BCUT2D eigenvalue weighted by molar-refractivity contribution is 5.59. The monoisotopic (exact) mass is 520 g/mol. The number of fused-ring (bicyclic) bond motifs is 3. The summed E-state index contributed by atoms with van der Waals surface area (Å²) in [5.41, 5.74) is 0.101. The van der Waals surface area contributed by atoms with Gasteiger partial charge in [0.1, 0.15) is 11.5 Å². The van der Waals surface area contributed by atoms with Crippen molar-refractivity contribution in [3.8, 4) is 17.6 Å². The van der Waals surface area contributed by atoms with E-state index < -0.39 is 29.1 Å². The lowest BCUT2D eigenvalue weighted by Gasteiger charge is -2.41. The van der Waals surface area contributed by atoms with Crippen LogP contribution in [0.5, 0.6) is 11.5 Å². The molecule has 2 aromatic heterocycles. The number of ether oxygens (including phenoxy) is 2. The van der Waals surface area contributed by atoms with E-state index in [-0.39, 0.29) is 0 Å². The van der Waals surface area contributed by atoms with E-state index in [1.165, 1.54) is 13.3 Å². The highest BCUT2D eigenvalue weighted by Gasteiger charge is 2.76. The summed E-state index contributed by atoms with van der Waals surface area (Å²) < 4.78 is 12.4. The number of nitrogens with zero attached hydrogens (tertiary/aromatic N) is 3. The Hall–Kier alpha value is -4.29. The van der Waals surface area contributed by atoms with Gasteiger partial charge < -0.3 is 25.0 Å². The van der Waals surface area contributed by atoms with Crippen molar-refractivity contribution in [1.29, 1.82) is 5.26 Å². The van der Waals surface area contributed by atoms with Crippen LogP contribution in [0.3, 0.4) is 0 Å². The van der Waals surface area contributed by atoms with Crippen LogP contribution in [-0.4, -0.2) is 39.9 Å². The molecule has 1 aliphatic heterocycles. The van der Waals surface area contributed by atoms with Crippen molar-refractivity contribution in [1.82, 2.24) is 15.3 Å². The summed E-state index contributed by atoms with van der Waals surface area (Å²) in [5.74, 6) is -0.260. The van der Waals surface area contributed by atoms with E-state index in [2.05, 4.69) is 21.4 Å². The highest BCUT2D eigenvalue weighted by Crippen LogP contribution is 2.69. The molecule has 196 valence electrons. The van der Waals surface area contributed by atoms with Gasteiger partial charge in [-0.2, -0.15) is 5.26 Å². The fraction of sp³-hybridized carbons (Fsp3) is 0.258. The van der Waals surface area contributed by atoms with E-state index in [0.717, 1.165) is 11.1 Å². The molecule has 4 aromatic rings. The molecule has 0 amide bonds. The lowest BCUT2D eigenvalue weighted by molar-refractivity contribution is -0.152. The second kappa shape index (κ2) is 9.79. The molecular formula is C31H28N4O4. The van der Waals surface area contributed by atoms with Crippen LogP contribution < -0.4 is 14.8 Å². The Labute approximate surface area is 226 Å². The molecular weight excluding hydrogens is 492 g/mol. The minimum Gasteiger partial charge on any atom is -0.495 e. The first-order chi connectivity index (χ1) is 19.0. The number of methoxy groups -OCH3 is 1. The molecule has 3 N–H and O–H groups in total. The summed E-state index contributed by atoms with van der Waals surface area (Å²) in [6, 6.07) is 22.8. The van der Waals surface area contributed by atoms with E-state index in [1.807, 2.05) is 42.5 Å². The third-order valence-electron chi connectivity index (χ3n) is 8.05. The number of aromatic nitrogens is 2. The quantitative estimate of drug-likeness (QED) is 0.339. The van der Waals surface area contributed by atoms with Gasteiger partial charge in [-0.1, -0.05) is 48.5 Å². The minimum atomic E-state index is -1.88. The lowest BCUT2D eigenvalue weighted by Crippen LogP contribution is -2.52. The van der Waals surface area contributed by atoms with Gasteiger partial charge in [-0.15, -0.1) is 0 Å². The smallest absolute Gasteiger partial charge is 0.177 e. The molecule has 8 nitrogen and oxygen atoms in total. The summed E-state index contributed by atoms with van der Waals surface area (Å²) in [4.78, 5) is 8.45. The van der Waals surface area contributed by atoms with Gasteiger partial charge >= 0.3 is 0 Å². The van der Waals surface area contributed by atoms with E-state index in [4.69, 9.17) is 9.47 Å². The normalized spacial score (nSPS) is 26.8. The molecule has 1 saturated carbocycles. The zero-order valence-corrected chi connectivity index (χ0v) is 21.4. The third kappa shape index (κ3) is 3.70. The number of hydrogen-bond donors (Lipinski definition) is 3. The maximum absolute atomic E-state index is 12.8. The van der Waals surface area contributed by atoms with Crippen LogP contribution in [0.1, 0.15) is 33.7 Å². The maximum Gasteiger partial charge on any atom is 0.177 e. The molecule has 2 aromatic carbocycles. The van der Waals surface area contributed by atoms with Gasteiger partial charge in [0.15, 0.2) is 11.2 Å². The van der Waals surface area contributed by atoms with Crippen LogP contribution in [0.4, 0.5) is 0 Å². The van der Waals surface area contributed by atoms with Crippen molar-refractivity contribution in [3.05, 3.63) is 119 Å². The first kappa shape index (κ1) is 25.0. The van der Waals surface area contributed by atoms with Crippen molar-refractivity contribution in [2.45, 2.75) is 29.8 Å². The topological polar surface area (TPSA) is 121 Å². The van der Waals surface area contributed by atoms with Crippen molar-refractivity contribution in [3.63, 3.8) is 0 Å². The molecule has 8 heteroatoms. The number of rotatable bonds is 7. The molecule has 3 unspecified atom stereocenters. The van der Waals surface area contributed by atoms with Crippen molar-refractivity contribution >= 4 is 0 Å². The second-order valence-corrected chi connectivity index (χ2v) is 10.00. The Bertz CT molecular complexity index is 1510. The molecule has 6 rings (SSSR count). The SMILES string of the molecule is COc1cncc2c1C1(O)[C@H](O)C(CNCc3cccnc3)C(c3ccccc3)[C@]1(c1ccc(C#N)cc1)O2. The first-order valence-electron chi connectivity index (χ1n) is 12.8. The maximum atomic E-state index is 12.8. The number of hydrogen-bond acceptors (Lipinski definition) is 8. The fourth-order valence-electron chi connectivity index (χ4n) is 6.44. The van der Waals surface area contributed by atoms with Crippen LogP contribution in [-0.2, 0) is 17.7 Å². The third-order valence-corrected chi connectivity index (χ3v) is 8.05. The molecule has 39 heavy (non-hydrogen) atoms. The number of aliphatic hydroxyl groups excluding tert-OH is 1. The van der Waals surface area contributed by atoms with Gasteiger partial charge in [-0.25, -0.2) is 0 Å². The summed E-state index contributed by atoms with van der Waals surface area (Å²) in [5, 5.41) is 37.9. The summed E-state index contributed by atoms with van der Waals surface area (Å²) in [7, 11) is 1.51. The number of nitrogens with one attached hydrogen (secondary N) is 1. The van der Waals surface area contributed by atoms with E-state index in [1.54, 1.807) is 42.9 Å². The van der Waals surface area contributed by atoms with Gasteiger partial charge in [0.2, 0.25) is 0 Å². The van der Waals surface area contributed by atoms with E-state index >= 15 is 0 Å². The predicted octanol–water partition coefficient (Wildman–Crippen LogP) is 3.40. The van der Waals surface area contributed by atoms with Gasteiger partial charge in [0, 0.05) is 37.3 Å². The van der Waals surface area contributed by atoms with Crippen LogP contribution in [0.2, 0.25) is 0 Å². The molecule has 1 aliphatic carbocycles. The second-order valence-electron chi connectivity index (χ2n) is 10.00. The lowest BCUT2D eigenvalue weighted by atomic mass is 9.70. The van der Waals surface area contributed by atoms with Crippen LogP contribution in [0.15, 0.2) is 91.5 Å². The van der Waals surface area contributed by atoms with Gasteiger partial charge in [-0.05, 0) is 34.9 Å². The Morgan fingerprint density at radius 1 is 1.03 bits per heavy atom. The van der Waals surface area contributed by atoms with E-state index in [0.29, 0.717) is 41.3 Å². The summed E-state index contributed by atoms with van der Waals surface area (Å²) >= 11 is 0. The molecule has 0 radical (unpaired) electrons. The first-order valence-corrected chi connectivity index (χ1v) is 12.8. The summed E-state index contributed by atoms with van der Waals surface area (Å²) in [6.45, 7) is 0.938. The molecule has 3 heterocycles. The molecule has 0 saturated heterocycles. The molecule has 2 aliphatic rings. The number of nitriles is 1. The van der Waals surface area contributed by atoms with Crippen LogP contribution in [0.25, 0.3) is 0 Å². The largest absolute Gasteiger partial charge is 0.495 e. The molecule has 1 fully saturated rings. The molecule has 0 spiro atoms. The van der Waals surface area contributed by atoms with Crippen molar-refractivity contribution in [2.24, 2.45) is 5.92 Å². The molecule has 0 bridgehead atoms. The van der Waals surface area contributed by atoms with Crippen LogP contribution >= 0.6 is 0 Å². The van der Waals surface area contributed by atoms with Gasteiger partial charge in [0.05, 0.1) is 42.8 Å². The average Bonchev–Trinajstić information content (AvgIpc) is 3.36. The van der Waals surface area contributed by atoms with E-state index in [9.17, 15) is 15.5 Å². The van der Waals surface area contributed by atoms with Gasteiger partial charge in [0.25, 0.3) is 0 Å². The van der Waals surface area contributed by atoms with Crippen LogP contribution in [0, 0.1) is 17.2 Å². The Morgan fingerprint density at radius 2 is 1.82 bits per heavy atom. The van der Waals surface area contributed by atoms with Gasteiger partial charge in [-0.3, -0.25) is 9.97 Å². The zero-order chi connectivity index (χ0) is 27.0. The van der Waals surface area contributed by atoms with Crippen molar-refractivity contribution < 1.29 is 19.7 Å². The fourth-order valence-corrected chi connectivity index (χ4v) is 6.44. The Balaban J connectivity index is 1.54. The Kier molecular flexibility index (Phi) is 6.28. The number of pyridine rings is 2. The number of benzene rings is 2. The molecule has 5 atom stereocenters. The zero-order valence-electron chi connectivity index (χ0n) is 21.4. The predicted molar refractivity (Wildman–Crippen MR) is 143 cm³/mol. The Morgan fingerprint density at radius 3 is 2.51 bits per heavy atom. The standard InChI is InChI=1S/C31H28N4O4/c1-38-25-18-35-19-26-28(25)30(37)29(36)24(17-34-16-21-6-5-13-33-15-21)27(22-7-3-2-4-8-22)31(30,39-26)23-11-9-20(14-32)10-12-23/h2-13,15,18-19,24,27,29,34,36-37H,16-17H2,1H3/t24?,27?,29-,30?,31+/m1/s1. The minimum absolute atomic E-state index is 0.334. The average molecular weight is 521 g/mol.